The van der Waals surface area contributed by atoms with Crippen molar-refractivity contribution in [2.24, 2.45) is 0 Å². The molecule has 3 aromatic carbocycles. The van der Waals surface area contributed by atoms with Crippen molar-refractivity contribution in [1.29, 1.82) is 0 Å². The molecule has 25 heavy (non-hydrogen) atoms. The molecule has 0 saturated heterocycles. The number of nitrogens with one attached hydrogen (secondary N) is 1. The number of aromatic nitrogens is 1. The van der Waals surface area contributed by atoms with E-state index >= 15 is 0 Å². The molecule has 0 radical (unpaired) electrons. The van der Waals surface area contributed by atoms with Gasteiger partial charge in [-0.15, -0.1) is 0 Å². The Morgan fingerprint density at radius 3 is 2.48 bits per heavy atom. The second kappa shape index (κ2) is 6.15. The van der Waals surface area contributed by atoms with Gasteiger partial charge in [0.05, 0.1) is 23.8 Å². The van der Waals surface area contributed by atoms with Crippen molar-refractivity contribution in [3.8, 4) is 5.75 Å². The molecule has 0 spiro atoms. The minimum Gasteiger partial charge on any atom is -0.497 e. The molecule has 0 fully saturated rings. The number of hydrogen-bond acceptors (Lipinski definition) is 4. The van der Waals surface area contributed by atoms with Crippen LogP contribution in [0.15, 0.2) is 60.7 Å². The molecule has 0 bridgehead atoms. The molecule has 0 unspecified atom stereocenters. The third-order valence-electron chi connectivity index (χ3n) is 4.12. The first-order valence-electron chi connectivity index (χ1n) is 7.83. The van der Waals surface area contributed by atoms with E-state index in [2.05, 4.69) is 5.32 Å². The molecular formula is C20H16ClN3O. The van der Waals surface area contributed by atoms with Crippen LogP contribution < -0.4 is 15.8 Å². The third kappa shape index (κ3) is 2.92. The molecule has 0 saturated carbocycles. The van der Waals surface area contributed by atoms with Crippen LogP contribution in [0.1, 0.15) is 0 Å². The van der Waals surface area contributed by atoms with Gasteiger partial charge in [0.15, 0.2) is 0 Å². The van der Waals surface area contributed by atoms with Crippen molar-refractivity contribution in [3.63, 3.8) is 0 Å². The monoisotopic (exact) mass is 349 g/mol. The van der Waals surface area contributed by atoms with Gasteiger partial charge >= 0.3 is 0 Å². The fourth-order valence-electron chi connectivity index (χ4n) is 2.87. The smallest absolute Gasteiger partial charge is 0.119 e. The zero-order valence-corrected chi connectivity index (χ0v) is 14.3. The van der Waals surface area contributed by atoms with E-state index in [9.17, 15) is 0 Å². The summed E-state index contributed by atoms with van der Waals surface area (Å²) >= 11 is 6.15. The van der Waals surface area contributed by atoms with Crippen molar-refractivity contribution in [3.05, 3.63) is 65.7 Å². The number of nitrogen functional groups attached to an aromatic ring is 1. The lowest BCUT2D eigenvalue weighted by Gasteiger charge is -2.14. The maximum absolute atomic E-state index is 6.15. The molecule has 5 heteroatoms. The minimum absolute atomic E-state index is 0.659. The second-order valence-electron chi connectivity index (χ2n) is 5.78. The third-order valence-corrected chi connectivity index (χ3v) is 4.36. The van der Waals surface area contributed by atoms with Gasteiger partial charge in [0.2, 0.25) is 0 Å². The van der Waals surface area contributed by atoms with E-state index in [0.717, 1.165) is 44.6 Å². The Morgan fingerprint density at radius 1 is 0.920 bits per heavy atom. The highest BCUT2D eigenvalue weighted by molar-refractivity contribution is 6.31. The van der Waals surface area contributed by atoms with Gasteiger partial charge in [-0.25, -0.2) is 4.98 Å². The fourth-order valence-corrected chi connectivity index (χ4v) is 3.04. The standard InChI is InChI=1S/C20H16ClN3O/c1-25-15-7-9-18-17(11-15)20(23-14-5-3-13(22)4-6-14)16-8-2-12(21)10-19(16)24-18/h2-11H,22H2,1H3,(H,23,24). The lowest BCUT2D eigenvalue weighted by Crippen LogP contribution is -1.96. The normalized spacial score (nSPS) is 11.0. The van der Waals surface area contributed by atoms with E-state index in [0.29, 0.717) is 5.02 Å². The predicted octanol–water partition coefficient (Wildman–Crippen LogP) is 5.38. The number of anilines is 3. The molecule has 4 rings (SSSR count). The number of fused-ring (bicyclic) bond motifs is 2. The van der Waals surface area contributed by atoms with Crippen LogP contribution in [0.25, 0.3) is 21.8 Å². The molecule has 124 valence electrons. The molecule has 1 aromatic heterocycles. The number of pyridine rings is 1. The van der Waals surface area contributed by atoms with Crippen molar-refractivity contribution in [2.45, 2.75) is 0 Å². The van der Waals surface area contributed by atoms with Crippen molar-refractivity contribution in [1.82, 2.24) is 4.98 Å². The van der Waals surface area contributed by atoms with Gasteiger partial charge in [-0.2, -0.15) is 0 Å². The molecule has 0 aliphatic heterocycles. The SMILES string of the molecule is COc1ccc2nc3cc(Cl)ccc3c(Nc3ccc(N)cc3)c2c1. The number of halogens is 1. The number of ether oxygens (including phenoxy) is 1. The molecule has 0 aliphatic carbocycles. The Hall–Kier alpha value is -2.98. The summed E-state index contributed by atoms with van der Waals surface area (Å²) in [6.45, 7) is 0. The summed E-state index contributed by atoms with van der Waals surface area (Å²) in [6.07, 6.45) is 0. The molecule has 4 nitrogen and oxygen atoms in total. The minimum atomic E-state index is 0.659. The van der Waals surface area contributed by atoms with E-state index in [4.69, 9.17) is 27.1 Å². The van der Waals surface area contributed by atoms with Crippen LogP contribution in [0.3, 0.4) is 0 Å². The van der Waals surface area contributed by atoms with Crippen molar-refractivity contribution >= 4 is 50.5 Å². The summed E-state index contributed by atoms with van der Waals surface area (Å²) in [5.41, 5.74) is 10.1. The Labute approximate surface area is 150 Å². The van der Waals surface area contributed by atoms with Gasteiger partial charge in [0.25, 0.3) is 0 Å². The van der Waals surface area contributed by atoms with Crippen LogP contribution in [0.5, 0.6) is 5.75 Å². The summed E-state index contributed by atoms with van der Waals surface area (Å²) in [6, 6.07) is 19.2. The topological polar surface area (TPSA) is 60.2 Å². The van der Waals surface area contributed by atoms with Crippen molar-refractivity contribution < 1.29 is 4.74 Å². The molecule has 1 heterocycles. The molecular weight excluding hydrogens is 334 g/mol. The number of nitrogens with two attached hydrogens (primary N) is 1. The Bertz CT molecular complexity index is 1080. The zero-order chi connectivity index (χ0) is 17.4. The summed E-state index contributed by atoms with van der Waals surface area (Å²) in [5, 5.41) is 6.12. The molecule has 0 atom stereocenters. The van der Waals surface area contributed by atoms with Gasteiger partial charge in [-0.3, -0.25) is 0 Å². The van der Waals surface area contributed by atoms with Gasteiger partial charge in [-0.05, 0) is 60.7 Å². The van der Waals surface area contributed by atoms with E-state index in [1.54, 1.807) is 7.11 Å². The first kappa shape index (κ1) is 15.5. The Kier molecular flexibility index (Phi) is 3.82. The molecule has 3 N–H and O–H groups in total. The molecule has 0 amide bonds. The zero-order valence-electron chi connectivity index (χ0n) is 13.6. The number of nitrogens with zero attached hydrogens (tertiary/aromatic N) is 1. The van der Waals surface area contributed by atoms with Gasteiger partial charge in [0.1, 0.15) is 5.75 Å². The molecule has 4 aromatic rings. The van der Waals surface area contributed by atoms with Crippen LogP contribution in [-0.2, 0) is 0 Å². The Balaban J connectivity index is 1.99. The highest BCUT2D eigenvalue weighted by Crippen LogP contribution is 2.36. The van der Waals surface area contributed by atoms with Crippen LogP contribution in [0.4, 0.5) is 17.1 Å². The van der Waals surface area contributed by atoms with E-state index in [-0.39, 0.29) is 0 Å². The average Bonchev–Trinajstić information content (AvgIpc) is 2.62. The van der Waals surface area contributed by atoms with Crippen molar-refractivity contribution in [2.75, 3.05) is 18.2 Å². The summed E-state index contributed by atoms with van der Waals surface area (Å²) in [7, 11) is 1.66. The van der Waals surface area contributed by atoms with E-state index in [1.807, 2.05) is 60.7 Å². The first-order valence-corrected chi connectivity index (χ1v) is 8.21. The molecule has 0 aliphatic rings. The number of rotatable bonds is 3. The largest absolute Gasteiger partial charge is 0.497 e. The van der Waals surface area contributed by atoms with Gasteiger partial charge in [-0.1, -0.05) is 11.6 Å². The lowest BCUT2D eigenvalue weighted by atomic mass is 10.1. The lowest BCUT2D eigenvalue weighted by molar-refractivity contribution is 0.415. The summed E-state index contributed by atoms with van der Waals surface area (Å²) in [5.74, 6) is 0.781. The maximum atomic E-state index is 6.15. The van der Waals surface area contributed by atoms with E-state index in [1.165, 1.54) is 0 Å². The van der Waals surface area contributed by atoms with Crippen LogP contribution in [-0.4, -0.2) is 12.1 Å². The number of hydrogen-bond donors (Lipinski definition) is 2. The van der Waals surface area contributed by atoms with Gasteiger partial charge in [0, 0.05) is 27.2 Å². The predicted molar refractivity (Wildman–Crippen MR) is 105 cm³/mol. The summed E-state index contributed by atoms with van der Waals surface area (Å²) < 4.78 is 5.38. The maximum Gasteiger partial charge on any atom is 0.119 e. The summed E-state index contributed by atoms with van der Waals surface area (Å²) in [4.78, 5) is 4.73. The number of benzene rings is 3. The van der Waals surface area contributed by atoms with Gasteiger partial charge < -0.3 is 15.8 Å². The second-order valence-corrected chi connectivity index (χ2v) is 6.21. The Morgan fingerprint density at radius 2 is 1.72 bits per heavy atom. The van der Waals surface area contributed by atoms with E-state index < -0.39 is 0 Å². The highest BCUT2D eigenvalue weighted by Gasteiger charge is 2.11. The first-order chi connectivity index (χ1) is 12.1. The fraction of sp³-hybridized carbons (Fsp3) is 0.0500. The number of methoxy groups -OCH3 is 1. The van der Waals surface area contributed by atoms with Crippen LogP contribution in [0, 0.1) is 0 Å². The highest BCUT2D eigenvalue weighted by atomic mass is 35.5. The van der Waals surface area contributed by atoms with Crippen LogP contribution >= 0.6 is 11.6 Å². The average molecular weight is 350 g/mol. The quantitative estimate of drug-likeness (QED) is 0.385. The van der Waals surface area contributed by atoms with Crippen LogP contribution in [0.2, 0.25) is 5.02 Å².